The van der Waals surface area contributed by atoms with Crippen LogP contribution < -0.4 is 16.0 Å². The molecule has 7 nitrogen and oxygen atoms in total. The summed E-state index contributed by atoms with van der Waals surface area (Å²) in [5.41, 5.74) is 7.36. The van der Waals surface area contributed by atoms with Crippen molar-refractivity contribution in [1.82, 2.24) is 15.0 Å². The number of likely N-dealkylation sites (N-methyl/N-ethyl adjacent to an activating group) is 1. The molecule has 0 atom stereocenters. The van der Waals surface area contributed by atoms with Crippen molar-refractivity contribution in [2.24, 2.45) is 0 Å². The molecule has 2 heterocycles. The van der Waals surface area contributed by atoms with E-state index in [0.29, 0.717) is 30.4 Å². The van der Waals surface area contributed by atoms with Gasteiger partial charge in [0, 0.05) is 19.3 Å². The molecule has 0 aliphatic rings. The molecule has 20 heavy (non-hydrogen) atoms. The predicted molar refractivity (Wildman–Crippen MR) is 78.9 cm³/mol. The van der Waals surface area contributed by atoms with E-state index in [4.69, 9.17) is 10.8 Å². The second-order valence-electron chi connectivity index (χ2n) is 4.13. The van der Waals surface area contributed by atoms with Crippen LogP contribution in [0.2, 0.25) is 0 Å². The average Bonchev–Trinajstić information content (AvgIpc) is 2.48. The normalized spacial score (nSPS) is 10.3. The molecule has 4 N–H and O–H groups in total. The van der Waals surface area contributed by atoms with Crippen LogP contribution in [-0.2, 0) is 0 Å². The van der Waals surface area contributed by atoms with Crippen molar-refractivity contribution in [1.29, 1.82) is 0 Å². The van der Waals surface area contributed by atoms with Gasteiger partial charge in [-0.25, -0.2) is 9.97 Å². The number of anilines is 4. The number of nitrogens with one attached hydrogen (secondary N) is 1. The minimum atomic E-state index is 0.0443. The van der Waals surface area contributed by atoms with Crippen molar-refractivity contribution in [3.8, 4) is 0 Å². The maximum Gasteiger partial charge on any atom is 0.159 e. The van der Waals surface area contributed by atoms with Crippen LogP contribution in [0.3, 0.4) is 0 Å². The first-order valence-electron chi connectivity index (χ1n) is 6.39. The van der Waals surface area contributed by atoms with E-state index < -0.39 is 0 Å². The van der Waals surface area contributed by atoms with Crippen molar-refractivity contribution in [3.63, 3.8) is 0 Å². The maximum atomic E-state index is 9.07. The number of rotatable bonds is 6. The van der Waals surface area contributed by atoms with Gasteiger partial charge < -0.3 is 21.1 Å². The molecule has 2 aromatic rings. The molecule has 0 aliphatic heterocycles. The molecule has 2 rings (SSSR count). The van der Waals surface area contributed by atoms with E-state index in [9.17, 15) is 0 Å². The van der Waals surface area contributed by atoms with Gasteiger partial charge in [0.25, 0.3) is 0 Å². The summed E-state index contributed by atoms with van der Waals surface area (Å²) in [4.78, 5) is 14.3. The number of pyridine rings is 1. The second-order valence-corrected chi connectivity index (χ2v) is 4.13. The molecule has 0 amide bonds. The lowest BCUT2D eigenvalue weighted by molar-refractivity contribution is 0.302. The van der Waals surface area contributed by atoms with Gasteiger partial charge in [-0.1, -0.05) is 0 Å². The molecule has 0 unspecified atom stereocenters. The number of aromatic nitrogens is 3. The van der Waals surface area contributed by atoms with Crippen LogP contribution in [0.15, 0.2) is 30.9 Å². The predicted octanol–water partition coefficient (Wildman–Crippen LogP) is 1.02. The van der Waals surface area contributed by atoms with E-state index in [-0.39, 0.29) is 6.61 Å². The Kier molecular flexibility index (Phi) is 4.67. The van der Waals surface area contributed by atoms with Gasteiger partial charge in [-0.05, 0) is 19.1 Å². The summed E-state index contributed by atoms with van der Waals surface area (Å²) in [6, 6.07) is 3.70. The summed E-state index contributed by atoms with van der Waals surface area (Å²) in [5.74, 6) is 1.14. The Morgan fingerprint density at radius 2 is 2.25 bits per heavy atom. The van der Waals surface area contributed by atoms with Crippen LogP contribution in [0.5, 0.6) is 0 Å². The molecule has 0 saturated carbocycles. The molecular weight excluding hydrogens is 256 g/mol. The lowest BCUT2D eigenvalue weighted by atomic mass is 10.3. The molecule has 0 spiro atoms. The van der Waals surface area contributed by atoms with Gasteiger partial charge in [0.1, 0.15) is 12.0 Å². The molecule has 0 fully saturated rings. The van der Waals surface area contributed by atoms with Crippen LogP contribution in [0.1, 0.15) is 6.92 Å². The number of aliphatic hydroxyl groups is 1. The van der Waals surface area contributed by atoms with Crippen molar-refractivity contribution >= 4 is 23.0 Å². The van der Waals surface area contributed by atoms with Crippen molar-refractivity contribution in [2.45, 2.75) is 6.92 Å². The highest BCUT2D eigenvalue weighted by molar-refractivity contribution is 5.78. The van der Waals surface area contributed by atoms with Gasteiger partial charge in [-0.2, -0.15) is 0 Å². The number of nitrogens with two attached hydrogens (primary N) is 1. The minimum Gasteiger partial charge on any atom is -0.395 e. The summed E-state index contributed by atoms with van der Waals surface area (Å²) in [6.07, 6.45) is 4.83. The van der Waals surface area contributed by atoms with Crippen LogP contribution in [0.4, 0.5) is 23.0 Å². The first-order chi connectivity index (χ1) is 9.76. The third-order valence-corrected chi connectivity index (χ3v) is 2.84. The first-order valence-corrected chi connectivity index (χ1v) is 6.39. The molecule has 106 valence electrons. The summed E-state index contributed by atoms with van der Waals surface area (Å²) in [5, 5.41) is 12.2. The van der Waals surface area contributed by atoms with E-state index in [1.165, 1.54) is 6.33 Å². The molecular formula is C13H18N6O. The van der Waals surface area contributed by atoms with Gasteiger partial charge in [-0.3, -0.25) is 4.98 Å². The monoisotopic (exact) mass is 274 g/mol. The maximum absolute atomic E-state index is 9.07. The quantitative estimate of drug-likeness (QED) is 0.723. The van der Waals surface area contributed by atoms with Crippen LogP contribution in [0.25, 0.3) is 0 Å². The highest BCUT2D eigenvalue weighted by Gasteiger charge is 2.13. The first kappa shape index (κ1) is 14.0. The summed E-state index contributed by atoms with van der Waals surface area (Å²) >= 11 is 0. The summed E-state index contributed by atoms with van der Waals surface area (Å²) in [7, 11) is 0. The highest BCUT2D eigenvalue weighted by atomic mass is 16.3. The number of nitrogens with zero attached hydrogens (tertiary/aromatic N) is 4. The Morgan fingerprint density at radius 3 is 2.90 bits per heavy atom. The van der Waals surface area contributed by atoms with Gasteiger partial charge in [0.15, 0.2) is 11.6 Å². The van der Waals surface area contributed by atoms with E-state index >= 15 is 0 Å². The zero-order valence-corrected chi connectivity index (χ0v) is 11.3. The molecule has 0 radical (unpaired) electrons. The van der Waals surface area contributed by atoms with Gasteiger partial charge in [0.2, 0.25) is 0 Å². The van der Waals surface area contributed by atoms with Crippen molar-refractivity contribution < 1.29 is 5.11 Å². The fourth-order valence-corrected chi connectivity index (χ4v) is 1.85. The topological polar surface area (TPSA) is 100 Å². The Labute approximate surface area is 117 Å². The molecule has 2 aromatic heterocycles. The minimum absolute atomic E-state index is 0.0443. The Morgan fingerprint density at radius 1 is 1.40 bits per heavy atom. The van der Waals surface area contributed by atoms with Gasteiger partial charge >= 0.3 is 0 Å². The average molecular weight is 274 g/mol. The number of aliphatic hydroxyl groups excluding tert-OH is 1. The number of hydrogen-bond donors (Lipinski definition) is 3. The smallest absolute Gasteiger partial charge is 0.159 e. The Bertz CT molecular complexity index is 548. The summed E-state index contributed by atoms with van der Waals surface area (Å²) < 4.78 is 0. The van der Waals surface area contributed by atoms with E-state index in [2.05, 4.69) is 20.3 Å². The molecule has 0 aromatic carbocycles. The van der Waals surface area contributed by atoms with Crippen LogP contribution in [0, 0.1) is 0 Å². The number of nitrogen functional groups attached to an aromatic ring is 1. The fraction of sp³-hybridized carbons (Fsp3) is 0.308. The Hall–Kier alpha value is -2.41. The van der Waals surface area contributed by atoms with E-state index in [0.717, 1.165) is 5.69 Å². The molecule has 0 saturated heterocycles. The largest absolute Gasteiger partial charge is 0.395 e. The third kappa shape index (κ3) is 3.12. The van der Waals surface area contributed by atoms with Gasteiger partial charge in [0.05, 0.1) is 18.5 Å². The Balaban J connectivity index is 2.27. The van der Waals surface area contributed by atoms with Crippen molar-refractivity contribution in [3.05, 3.63) is 30.9 Å². The lowest BCUT2D eigenvalue weighted by Crippen LogP contribution is -2.28. The molecule has 0 bridgehead atoms. The zero-order chi connectivity index (χ0) is 14.4. The highest BCUT2D eigenvalue weighted by Crippen LogP contribution is 2.27. The van der Waals surface area contributed by atoms with Crippen LogP contribution >= 0.6 is 0 Å². The zero-order valence-electron chi connectivity index (χ0n) is 11.3. The fourth-order valence-electron chi connectivity index (χ4n) is 1.85. The van der Waals surface area contributed by atoms with Crippen LogP contribution in [-0.4, -0.2) is 39.8 Å². The third-order valence-electron chi connectivity index (χ3n) is 2.84. The van der Waals surface area contributed by atoms with Gasteiger partial charge in [-0.15, -0.1) is 0 Å². The standard InChI is InChI=1S/C13H18N6O/c1-2-19(6-7-20)13-11(14)12(16-9-17-13)18-10-4-3-5-15-8-10/h3-5,8-9,20H,2,6-7,14H2,1H3,(H,16,17,18). The van der Waals surface area contributed by atoms with E-state index in [1.54, 1.807) is 12.4 Å². The van der Waals surface area contributed by atoms with Crippen molar-refractivity contribution in [2.75, 3.05) is 35.6 Å². The lowest BCUT2D eigenvalue weighted by Gasteiger charge is -2.23. The summed E-state index contributed by atoms with van der Waals surface area (Å²) in [6.45, 7) is 3.20. The molecule has 7 heteroatoms. The SMILES string of the molecule is CCN(CCO)c1ncnc(Nc2cccnc2)c1N. The number of hydrogen-bond acceptors (Lipinski definition) is 7. The second kappa shape index (κ2) is 6.67. The molecule has 0 aliphatic carbocycles. The van der Waals surface area contributed by atoms with E-state index in [1.807, 2.05) is 24.0 Å².